The molecule has 1 amide bonds. The van der Waals surface area contributed by atoms with Gasteiger partial charge in [-0.2, -0.15) is 0 Å². The van der Waals surface area contributed by atoms with Crippen molar-refractivity contribution in [1.29, 1.82) is 0 Å². The van der Waals surface area contributed by atoms with Crippen LogP contribution in [0.15, 0.2) is 18.2 Å². The van der Waals surface area contributed by atoms with Gasteiger partial charge in [-0.05, 0) is 36.9 Å². The summed E-state index contributed by atoms with van der Waals surface area (Å²) < 4.78 is 13.8. The van der Waals surface area contributed by atoms with Crippen LogP contribution in [0.4, 0.5) is 10.1 Å². The summed E-state index contributed by atoms with van der Waals surface area (Å²) in [5.41, 5.74) is 11.6. The van der Waals surface area contributed by atoms with Gasteiger partial charge in [-0.1, -0.05) is 13.0 Å². The third kappa shape index (κ3) is 2.71. The zero-order chi connectivity index (χ0) is 14.0. The summed E-state index contributed by atoms with van der Waals surface area (Å²) in [6.07, 6.45) is 0.983. The minimum Gasteiger partial charge on any atom is -0.370 e. The SMILES string of the molecule is CC1CCN(c2cccc(F)c2C(N)=O)CC1CN. The molecule has 1 heterocycles. The Hall–Kier alpha value is -1.62. The zero-order valence-corrected chi connectivity index (χ0v) is 11.1. The molecule has 0 spiro atoms. The number of carbonyl (C=O) groups excluding carboxylic acids is 1. The number of nitrogens with zero attached hydrogens (tertiary/aromatic N) is 1. The lowest BCUT2D eigenvalue weighted by Gasteiger charge is -2.38. The Balaban J connectivity index is 2.32. The number of nitrogens with two attached hydrogens (primary N) is 2. The van der Waals surface area contributed by atoms with Crippen molar-refractivity contribution in [3.05, 3.63) is 29.6 Å². The Morgan fingerprint density at radius 2 is 2.26 bits per heavy atom. The first-order valence-electron chi connectivity index (χ1n) is 6.58. The molecule has 1 aromatic carbocycles. The average Bonchev–Trinajstić information content (AvgIpc) is 2.38. The van der Waals surface area contributed by atoms with Crippen LogP contribution in [0.1, 0.15) is 23.7 Å². The number of carbonyl (C=O) groups is 1. The third-order valence-electron chi connectivity index (χ3n) is 4.00. The molecule has 2 unspecified atom stereocenters. The maximum atomic E-state index is 13.8. The van der Waals surface area contributed by atoms with Gasteiger partial charge in [0.05, 0.1) is 11.3 Å². The summed E-state index contributed by atoms with van der Waals surface area (Å²) in [4.78, 5) is 13.4. The lowest BCUT2D eigenvalue weighted by molar-refractivity contribution is 0.0997. The highest BCUT2D eigenvalue weighted by molar-refractivity contribution is 5.99. The highest BCUT2D eigenvalue weighted by atomic mass is 19.1. The van der Waals surface area contributed by atoms with Gasteiger partial charge in [0.25, 0.3) is 5.91 Å². The molecular formula is C14H20FN3O. The molecule has 1 aliphatic rings. The number of hydrogen-bond acceptors (Lipinski definition) is 3. The Bertz CT molecular complexity index is 478. The molecule has 0 aromatic heterocycles. The van der Waals surface area contributed by atoms with E-state index < -0.39 is 11.7 Å². The van der Waals surface area contributed by atoms with Crippen LogP contribution >= 0.6 is 0 Å². The van der Waals surface area contributed by atoms with Crippen LogP contribution in [0.5, 0.6) is 0 Å². The minimum absolute atomic E-state index is 0.0205. The number of halogens is 1. The molecular weight excluding hydrogens is 245 g/mol. The van der Waals surface area contributed by atoms with Crippen LogP contribution in [0, 0.1) is 17.7 Å². The summed E-state index contributed by atoms with van der Waals surface area (Å²) in [5, 5.41) is 0. The molecule has 1 aliphatic heterocycles. The van der Waals surface area contributed by atoms with Crippen LogP contribution < -0.4 is 16.4 Å². The van der Waals surface area contributed by atoms with Gasteiger partial charge < -0.3 is 16.4 Å². The highest BCUT2D eigenvalue weighted by Gasteiger charge is 2.28. The Morgan fingerprint density at radius 3 is 2.89 bits per heavy atom. The topological polar surface area (TPSA) is 72.3 Å². The van der Waals surface area contributed by atoms with E-state index >= 15 is 0 Å². The molecule has 0 radical (unpaired) electrons. The average molecular weight is 265 g/mol. The van der Waals surface area contributed by atoms with E-state index in [0.29, 0.717) is 24.1 Å². The maximum Gasteiger partial charge on any atom is 0.253 e. The summed E-state index contributed by atoms with van der Waals surface area (Å²) >= 11 is 0. The van der Waals surface area contributed by atoms with E-state index in [4.69, 9.17) is 11.5 Å². The number of benzene rings is 1. The van der Waals surface area contributed by atoms with Gasteiger partial charge >= 0.3 is 0 Å². The Morgan fingerprint density at radius 1 is 1.53 bits per heavy atom. The molecule has 0 bridgehead atoms. The van der Waals surface area contributed by atoms with Crippen molar-refractivity contribution in [2.45, 2.75) is 13.3 Å². The highest BCUT2D eigenvalue weighted by Crippen LogP contribution is 2.30. The van der Waals surface area contributed by atoms with E-state index in [9.17, 15) is 9.18 Å². The summed E-state index contributed by atoms with van der Waals surface area (Å²) in [7, 11) is 0. The first-order valence-corrected chi connectivity index (χ1v) is 6.58. The number of anilines is 1. The van der Waals surface area contributed by atoms with Crippen molar-refractivity contribution >= 4 is 11.6 Å². The molecule has 1 aromatic rings. The van der Waals surface area contributed by atoms with Gasteiger partial charge in [0.1, 0.15) is 5.82 Å². The smallest absolute Gasteiger partial charge is 0.253 e. The van der Waals surface area contributed by atoms with Gasteiger partial charge in [-0.3, -0.25) is 4.79 Å². The van der Waals surface area contributed by atoms with E-state index in [-0.39, 0.29) is 5.56 Å². The lowest BCUT2D eigenvalue weighted by atomic mass is 9.86. The number of amides is 1. The van der Waals surface area contributed by atoms with Crippen LogP contribution in [0.25, 0.3) is 0 Å². The van der Waals surface area contributed by atoms with Crippen LogP contribution in [0.2, 0.25) is 0 Å². The first-order chi connectivity index (χ1) is 9.04. The van der Waals surface area contributed by atoms with E-state index in [1.54, 1.807) is 12.1 Å². The molecule has 1 fully saturated rings. The van der Waals surface area contributed by atoms with E-state index in [1.165, 1.54) is 6.07 Å². The van der Waals surface area contributed by atoms with Gasteiger partial charge in [-0.15, -0.1) is 0 Å². The minimum atomic E-state index is -0.726. The fraction of sp³-hybridized carbons (Fsp3) is 0.500. The molecule has 2 atom stereocenters. The standard InChI is InChI=1S/C14H20FN3O/c1-9-5-6-18(8-10(9)7-16)12-4-2-3-11(15)13(12)14(17)19/h2-4,9-10H,5-8,16H2,1H3,(H2,17,19). The largest absolute Gasteiger partial charge is 0.370 e. The predicted molar refractivity (Wildman–Crippen MR) is 73.5 cm³/mol. The molecule has 4 N–H and O–H groups in total. The Labute approximate surface area is 112 Å². The molecule has 1 saturated heterocycles. The molecule has 2 rings (SSSR count). The van der Waals surface area contributed by atoms with E-state index in [2.05, 4.69) is 6.92 Å². The number of piperidine rings is 1. The maximum absolute atomic E-state index is 13.8. The molecule has 4 nitrogen and oxygen atoms in total. The Kier molecular flexibility index (Phi) is 4.04. The second kappa shape index (κ2) is 5.57. The summed E-state index contributed by atoms with van der Waals surface area (Å²) in [5.74, 6) is -0.381. The molecule has 5 heteroatoms. The van der Waals surface area contributed by atoms with Crippen LogP contribution in [-0.2, 0) is 0 Å². The van der Waals surface area contributed by atoms with Gasteiger partial charge in [0, 0.05) is 13.1 Å². The van der Waals surface area contributed by atoms with Crippen LogP contribution in [-0.4, -0.2) is 25.5 Å². The number of primary amides is 1. The zero-order valence-electron chi connectivity index (χ0n) is 11.1. The predicted octanol–water partition coefficient (Wildman–Crippen LogP) is 1.35. The quantitative estimate of drug-likeness (QED) is 0.866. The molecule has 19 heavy (non-hydrogen) atoms. The van der Waals surface area contributed by atoms with Crippen molar-refractivity contribution in [3.63, 3.8) is 0 Å². The van der Waals surface area contributed by atoms with Gasteiger partial charge in [0.2, 0.25) is 0 Å². The number of rotatable bonds is 3. The molecule has 0 aliphatic carbocycles. The van der Waals surface area contributed by atoms with Crippen molar-refractivity contribution in [1.82, 2.24) is 0 Å². The third-order valence-corrected chi connectivity index (χ3v) is 4.00. The lowest BCUT2D eigenvalue weighted by Crippen LogP contribution is -2.43. The van der Waals surface area contributed by atoms with Crippen molar-refractivity contribution < 1.29 is 9.18 Å². The second-order valence-electron chi connectivity index (χ2n) is 5.21. The molecule has 0 saturated carbocycles. The summed E-state index contributed by atoms with van der Waals surface area (Å²) in [6.45, 7) is 4.30. The normalized spacial score (nSPS) is 23.4. The van der Waals surface area contributed by atoms with Gasteiger partial charge in [0.15, 0.2) is 0 Å². The van der Waals surface area contributed by atoms with Crippen molar-refractivity contribution in [2.24, 2.45) is 23.3 Å². The van der Waals surface area contributed by atoms with E-state index in [1.807, 2.05) is 4.90 Å². The van der Waals surface area contributed by atoms with Crippen molar-refractivity contribution in [3.8, 4) is 0 Å². The number of hydrogen-bond donors (Lipinski definition) is 2. The molecule has 104 valence electrons. The van der Waals surface area contributed by atoms with Crippen molar-refractivity contribution in [2.75, 3.05) is 24.5 Å². The van der Waals surface area contributed by atoms with Crippen LogP contribution in [0.3, 0.4) is 0 Å². The first kappa shape index (κ1) is 13.8. The fourth-order valence-electron chi connectivity index (χ4n) is 2.70. The van der Waals surface area contributed by atoms with E-state index in [0.717, 1.165) is 19.5 Å². The summed E-state index contributed by atoms with van der Waals surface area (Å²) in [6, 6.07) is 4.61. The van der Waals surface area contributed by atoms with Gasteiger partial charge in [-0.25, -0.2) is 4.39 Å². The fourth-order valence-corrected chi connectivity index (χ4v) is 2.70. The monoisotopic (exact) mass is 265 g/mol. The second-order valence-corrected chi connectivity index (χ2v) is 5.21.